The number of hydrogen-bond donors (Lipinski definition) is 2. The summed E-state index contributed by atoms with van der Waals surface area (Å²) in [5.41, 5.74) is 0. The summed E-state index contributed by atoms with van der Waals surface area (Å²) in [6, 6.07) is 0.459. The highest BCUT2D eigenvalue weighted by molar-refractivity contribution is 7.72. The molecule has 102 valence electrons. The molecule has 0 spiro atoms. The van der Waals surface area contributed by atoms with Crippen molar-refractivity contribution >= 4 is 10.7 Å². The van der Waals surface area contributed by atoms with Crippen molar-refractivity contribution in [3.05, 3.63) is 0 Å². The van der Waals surface area contributed by atoms with Gasteiger partial charge in [0, 0.05) is 12.6 Å². The van der Waals surface area contributed by atoms with Crippen LogP contribution in [0, 0.1) is 0 Å². The summed E-state index contributed by atoms with van der Waals surface area (Å²) in [4.78, 5) is 4.20. The quantitative estimate of drug-likeness (QED) is 0.482. The molecule has 1 saturated heterocycles. The maximum absolute atomic E-state index is 10.7. The summed E-state index contributed by atoms with van der Waals surface area (Å²) < 4.78 is 21.4. The fourth-order valence-electron chi connectivity index (χ4n) is 2.22. The van der Waals surface area contributed by atoms with Gasteiger partial charge in [-0.25, -0.2) is 8.42 Å². The Bertz CT molecular complexity index is 274. The Balaban J connectivity index is 2.16. The van der Waals surface area contributed by atoms with Crippen molar-refractivity contribution in [1.29, 1.82) is 0 Å². The molecule has 0 bridgehead atoms. The minimum atomic E-state index is -2.28. The van der Waals surface area contributed by atoms with Crippen molar-refractivity contribution in [2.75, 3.05) is 46.2 Å². The molecular weight excluding hydrogens is 238 g/mol. The lowest BCUT2D eigenvalue weighted by Gasteiger charge is -2.31. The van der Waals surface area contributed by atoms with Gasteiger partial charge >= 0.3 is 0 Å². The Labute approximate surface area is 106 Å². The smallest absolute Gasteiger partial charge is 0.153 e. The molecule has 0 radical (unpaired) electrons. The molecule has 1 rings (SSSR count). The highest BCUT2D eigenvalue weighted by atomic mass is 32.2. The van der Waals surface area contributed by atoms with E-state index in [9.17, 15) is 8.42 Å². The molecule has 1 fully saturated rings. The third kappa shape index (κ3) is 6.98. The summed E-state index contributed by atoms with van der Waals surface area (Å²) in [7, 11) is 1.88. The normalized spacial score (nSPS) is 22.5. The molecular formula is C11H25N3O2S. The Morgan fingerprint density at radius 3 is 2.82 bits per heavy atom. The average molecular weight is 263 g/mol. The molecule has 0 aromatic carbocycles. The van der Waals surface area contributed by atoms with Gasteiger partial charge in [-0.2, -0.15) is 0 Å². The van der Waals surface area contributed by atoms with E-state index in [4.69, 9.17) is 0 Å². The predicted molar refractivity (Wildman–Crippen MR) is 71.0 cm³/mol. The Kier molecular flexibility index (Phi) is 7.03. The number of nitrogens with one attached hydrogen (secondary N) is 1. The lowest BCUT2D eigenvalue weighted by Crippen LogP contribution is -2.46. The van der Waals surface area contributed by atoms with Gasteiger partial charge in [0.2, 0.25) is 0 Å². The van der Waals surface area contributed by atoms with E-state index in [1.807, 2.05) is 4.90 Å². The summed E-state index contributed by atoms with van der Waals surface area (Å²) in [5.74, 6) is 0.214. The molecule has 1 heterocycles. The number of nitrogens with zero attached hydrogens (tertiary/aromatic N) is 2. The van der Waals surface area contributed by atoms with Crippen molar-refractivity contribution < 1.29 is 8.42 Å². The molecule has 1 aliphatic rings. The van der Waals surface area contributed by atoms with E-state index in [1.165, 1.54) is 0 Å². The van der Waals surface area contributed by atoms with Crippen LogP contribution in [0.25, 0.3) is 0 Å². The molecule has 0 aliphatic carbocycles. The topological polar surface area (TPSA) is 52.6 Å². The Morgan fingerprint density at radius 1 is 1.41 bits per heavy atom. The van der Waals surface area contributed by atoms with E-state index in [1.54, 1.807) is 0 Å². The van der Waals surface area contributed by atoms with E-state index in [0.29, 0.717) is 6.04 Å². The summed E-state index contributed by atoms with van der Waals surface area (Å²) >= 11 is 0. The van der Waals surface area contributed by atoms with E-state index in [-0.39, 0.29) is 5.88 Å². The van der Waals surface area contributed by atoms with Crippen molar-refractivity contribution in [3.63, 3.8) is 0 Å². The van der Waals surface area contributed by atoms with Crippen LogP contribution in [0.5, 0.6) is 0 Å². The number of piperidine rings is 1. The van der Waals surface area contributed by atoms with Gasteiger partial charge in [-0.1, -0.05) is 0 Å². The first-order valence-corrected chi connectivity index (χ1v) is 7.66. The minimum Gasteiger partial charge on any atom is -0.313 e. The first kappa shape index (κ1) is 14.9. The third-order valence-corrected chi connectivity index (χ3v) is 3.67. The number of thiol groups is 1. The second-order valence-corrected chi connectivity index (χ2v) is 5.95. The first-order chi connectivity index (χ1) is 8.08. The molecule has 0 amide bonds. The van der Waals surface area contributed by atoms with Crippen LogP contribution in [-0.4, -0.2) is 70.4 Å². The molecule has 1 aliphatic heterocycles. The van der Waals surface area contributed by atoms with Crippen molar-refractivity contribution in [2.24, 2.45) is 0 Å². The summed E-state index contributed by atoms with van der Waals surface area (Å²) in [5, 5.41) is 3.51. The van der Waals surface area contributed by atoms with Gasteiger partial charge < -0.3 is 10.2 Å². The lowest BCUT2D eigenvalue weighted by molar-refractivity contribution is 0.215. The van der Waals surface area contributed by atoms with Crippen LogP contribution in [0.15, 0.2) is 0 Å². The van der Waals surface area contributed by atoms with E-state index < -0.39 is 10.7 Å². The fourth-order valence-corrected chi connectivity index (χ4v) is 2.80. The van der Waals surface area contributed by atoms with E-state index in [0.717, 1.165) is 45.4 Å². The van der Waals surface area contributed by atoms with Gasteiger partial charge in [0.05, 0.1) is 5.88 Å². The molecule has 1 atom stereocenters. The van der Waals surface area contributed by atoms with Crippen molar-refractivity contribution in [2.45, 2.75) is 25.3 Å². The third-order valence-electron chi connectivity index (χ3n) is 3.04. The van der Waals surface area contributed by atoms with Crippen LogP contribution in [0.1, 0.15) is 19.3 Å². The van der Waals surface area contributed by atoms with Crippen molar-refractivity contribution in [3.8, 4) is 0 Å². The highest BCUT2D eigenvalue weighted by Gasteiger charge is 2.19. The summed E-state index contributed by atoms with van der Waals surface area (Å²) in [6.45, 7) is 3.89. The van der Waals surface area contributed by atoms with Gasteiger partial charge in [-0.15, -0.1) is 0 Å². The molecule has 0 aromatic heterocycles. The molecule has 6 heteroatoms. The van der Waals surface area contributed by atoms with Crippen LogP contribution in [0.2, 0.25) is 0 Å². The van der Waals surface area contributed by atoms with E-state index >= 15 is 0 Å². The Morgan fingerprint density at radius 2 is 2.18 bits per heavy atom. The monoisotopic (exact) mass is 263 g/mol. The second-order valence-electron chi connectivity index (χ2n) is 5.00. The van der Waals surface area contributed by atoms with Crippen LogP contribution >= 0.6 is 0 Å². The van der Waals surface area contributed by atoms with Gasteiger partial charge in [0.25, 0.3) is 0 Å². The largest absolute Gasteiger partial charge is 0.313 e. The first-order valence-electron chi connectivity index (χ1n) is 6.30. The van der Waals surface area contributed by atoms with Crippen molar-refractivity contribution in [1.82, 2.24) is 15.1 Å². The fraction of sp³-hybridized carbons (Fsp3) is 1.00. The zero-order valence-corrected chi connectivity index (χ0v) is 11.8. The van der Waals surface area contributed by atoms with Crippen LogP contribution in [0.4, 0.5) is 0 Å². The van der Waals surface area contributed by atoms with Gasteiger partial charge in [0.15, 0.2) is 10.7 Å². The highest BCUT2D eigenvalue weighted by Crippen LogP contribution is 2.09. The van der Waals surface area contributed by atoms with Crippen LogP contribution in [0.3, 0.4) is 0 Å². The average Bonchev–Trinajstić information content (AvgIpc) is 2.24. The molecule has 5 nitrogen and oxygen atoms in total. The van der Waals surface area contributed by atoms with Crippen LogP contribution in [-0.2, 0) is 10.7 Å². The number of rotatable bonds is 7. The van der Waals surface area contributed by atoms with E-state index in [2.05, 4.69) is 24.3 Å². The molecule has 1 unspecified atom stereocenters. The minimum absolute atomic E-state index is 0.214. The summed E-state index contributed by atoms with van der Waals surface area (Å²) in [6.07, 6.45) is 3.39. The lowest BCUT2D eigenvalue weighted by atomic mass is 10.1. The zero-order chi connectivity index (χ0) is 12.7. The Hall–Kier alpha value is -0.170. The van der Waals surface area contributed by atoms with Gasteiger partial charge in [0.1, 0.15) is 0 Å². The standard InChI is InChI=1S/C11H25N3O2S/c1-13(2)7-4-6-12-11-5-3-8-14(9-11)10-17(15)16/h11-12,17H,3-10H2,1-2H3. The van der Waals surface area contributed by atoms with Gasteiger partial charge in [-0.05, 0) is 53.0 Å². The molecule has 1 N–H and O–H groups in total. The molecule has 0 saturated carbocycles. The SMILES string of the molecule is CN(C)CCCNC1CCCN(C[SH](=O)=O)C1. The molecule has 17 heavy (non-hydrogen) atoms. The zero-order valence-electron chi connectivity index (χ0n) is 10.9. The maximum atomic E-state index is 10.7. The van der Waals surface area contributed by atoms with Gasteiger partial charge in [-0.3, -0.25) is 4.90 Å². The number of hydrogen-bond acceptors (Lipinski definition) is 5. The van der Waals surface area contributed by atoms with Crippen LogP contribution < -0.4 is 5.32 Å². The number of likely N-dealkylation sites (tertiary alicyclic amines) is 1. The maximum Gasteiger partial charge on any atom is 0.153 e. The predicted octanol–water partition coefficient (Wildman–Crippen LogP) is -0.439. The molecule has 0 aromatic rings. The second kappa shape index (κ2) is 8.02.